The van der Waals surface area contributed by atoms with E-state index < -0.39 is 5.97 Å². The Hall–Kier alpha value is -3.37. The van der Waals surface area contributed by atoms with Crippen molar-refractivity contribution in [3.63, 3.8) is 0 Å². The predicted octanol–water partition coefficient (Wildman–Crippen LogP) is 4.85. The Morgan fingerprint density at radius 1 is 0.968 bits per heavy atom. The van der Waals surface area contributed by atoms with Crippen molar-refractivity contribution in [2.45, 2.75) is 32.3 Å². The second-order valence-electron chi connectivity index (χ2n) is 7.91. The summed E-state index contributed by atoms with van der Waals surface area (Å²) in [5.74, 6) is -0.137. The number of carboxylic acid groups (broad SMARTS) is 1. The van der Waals surface area contributed by atoms with Gasteiger partial charge in [0.15, 0.2) is 0 Å². The van der Waals surface area contributed by atoms with Crippen LogP contribution in [0, 0.1) is 0 Å². The summed E-state index contributed by atoms with van der Waals surface area (Å²) in [6.45, 7) is -0.00818. The molecule has 4 nitrogen and oxygen atoms in total. The molecule has 0 aromatic heterocycles. The lowest BCUT2D eigenvalue weighted by Crippen LogP contribution is -2.01. The molecule has 3 aromatic carbocycles. The first-order valence-corrected chi connectivity index (χ1v) is 10.5. The third-order valence-electron chi connectivity index (χ3n) is 5.85. The molecule has 0 unspecified atom stereocenters. The minimum Gasteiger partial charge on any atom is -0.497 e. The van der Waals surface area contributed by atoms with Crippen LogP contribution in [-0.2, 0) is 32.3 Å². The number of hydrogen-bond acceptors (Lipinski definition) is 3. The number of aryl methyl sites for hydroxylation is 2. The van der Waals surface area contributed by atoms with Crippen LogP contribution in [0.25, 0.3) is 5.57 Å². The van der Waals surface area contributed by atoms with E-state index in [-0.39, 0.29) is 6.61 Å². The number of allylic oxidation sites excluding steroid dienone is 2. The van der Waals surface area contributed by atoms with E-state index in [1.165, 1.54) is 22.3 Å². The molecule has 3 aromatic rings. The van der Waals surface area contributed by atoms with Crippen LogP contribution < -0.4 is 4.74 Å². The highest BCUT2D eigenvalue weighted by atomic mass is 16.5. The van der Waals surface area contributed by atoms with E-state index in [2.05, 4.69) is 24.3 Å². The van der Waals surface area contributed by atoms with Crippen molar-refractivity contribution in [1.29, 1.82) is 0 Å². The number of hydrogen-bond donors (Lipinski definition) is 2. The zero-order chi connectivity index (χ0) is 21.8. The summed E-state index contributed by atoms with van der Waals surface area (Å²) < 4.78 is 5.40. The van der Waals surface area contributed by atoms with Gasteiger partial charge in [0, 0.05) is 0 Å². The van der Waals surface area contributed by atoms with Crippen LogP contribution in [0.5, 0.6) is 5.75 Å². The fourth-order valence-electron chi connectivity index (χ4n) is 4.29. The molecule has 0 aliphatic heterocycles. The number of carboxylic acids is 1. The van der Waals surface area contributed by atoms with Gasteiger partial charge in [0.25, 0.3) is 0 Å². The Balaban J connectivity index is 1.54. The average molecular weight is 415 g/mol. The maximum absolute atomic E-state index is 11.1. The van der Waals surface area contributed by atoms with E-state index in [1.807, 2.05) is 30.3 Å². The smallest absolute Gasteiger partial charge is 0.335 e. The number of aliphatic hydroxyl groups is 1. The summed E-state index contributed by atoms with van der Waals surface area (Å²) in [6, 6.07) is 19.6. The quantitative estimate of drug-likeness (QED) is 0.553. The molecule has 1 aliphatic carbocycles. The molecule has 2 N–H and O–H groups in total. The van der Waals surface area contributed by atoms with E-state index >= 15 is 0 Å². The van der Waals surface area contributed by atoms with Crippen molar-refractivity contribution in [2.75, 3.05) is 7.11 Å². The Morgan fingerprint density at radius 2 is 1.74 bits per heavy atom. The standard InChI is InChI=1S/C27H26O4/c1-31-25-15-19(13-20(16-25)17-28)14-24-12-11-22-4-2-3-21(26(22)24)8-5-18-6-9-23(10-7-18)27(29)30/h2-4,6-7,9-10,12-13,15-16,28H,5,8,11,14,17H2,1H3,(H,29,30). The molecule has 31 heavy (non-hydrogen) atoms. The van der Waals surface area contributed by atoms with Gasteiger partial charge in [-0.1, -0.05) is 42.5 Å². The third kappa shape index (κ3) is 4.70. The summed E-state index contributed by atoms with van der Waals surface area (Å²) in [6.07, 6.45) is 5.78. The van der Waals surface area contributed by atoms with Crippen LogP contribution in [0.3, 0.4) is 0 Å². The van der Waals surface area contributed by atoms with Crippen LogP contribution in [0.15, 0.2) is 66.7 Å². The first-order valence-electron chi connectivity index (χ1n) is 10.5. The summed E-state index contributed by atoms with van der Waals surface area (Å²) in [5.41, 5.74) is 8.73. The number of fused-ring (bicyclic) bond motifs is 1. The van der Waals surface area contributed by atoms with Crippen molar-refractivity contribution < 1.29 is 19.7 Å². The molecule has 0 spiro atoms. The maximum Gasteiger partial charge on any atom is 0.335 e. The van der Waals surface area contributed by atoms with Crippen LogP contribution in [-0.4, -0.2) is 23.3 Å². The van der Waals surface area contributed by atoms with Crippen molar-refractivity contribution in [2.24, 2.45) is 0 Å². The molecule has 0 saturated heterocycles. The molecule has 0 radical (unpaired) electrons. The zero-order valence-corrected chi connectivity index (χ0v) is 17.6. The molecule has 1 aliphatic rings. The molecule has 0 saturated carbocycles. The highest BCUT2D eigenvalue weighted by Crippen LogP contribution is 2.34. The Kier molecular flexibility index (Phi) is 6.19. The molecule has 0 amide bonds. The minimum absolute atomic E-state index is 0.00818. The summed E-state index contributed by atoms with van der Waals surface area (Å²) in [4.78, 5) is 11.1. The third-order valence-corrected chi connectivity index (χ3v) is 5.85. The first kappa shape index (κ1) is 20.9. The van der Waals surface area contributed by atoms with Gasteiger partial charge in [-0.05, 0) is 88.9 Å². The van der Waals surface area contributed by atoms with Gasteiger partial charge in [0.1, 0.15) is 5.75 Å². The van der Waals surface area contributed by atoms with Gasteiger partial charge in [-0.25, -0.2) is 4.79 Å². The largest absolute Gasteiger partial charge is 0.497 e. The fraction of sp³-hybridized carbons (Fsp3) is 0.222. The van der Waals surface area contributed by atoms with Gasteiger partial charge in [-0.15, -0.1) is 0 Å². The lowest BCUT2D eigenvalue weighted by atomic mass is 9.91. The number of carbonyl (C=O) groups is 1. The molecule has 0 bridgehead atoms. The summed E-state index contributed by atoms with van der Waals surface area (Å²) in [5, 5.41) is 18.6. The topological polar surface area (TPSA) is 66.8 Å². The Bertz CT molecular complexity index is 1100. The second-order valence-corrected chi connectivity index (χ2v) is 7.91. The number of aromatic carboxylic acids is 1. The van der Waals surface area contributed by atoms with E-state index in [0.29, 0.717) is 5.56 Å². The van der Waals surface area contributed by atoms with E-state index in [0.717, 1.165) is 48.1 Å². The van der Waals surface area contributed by atoms with Crippen molar-refractivity contribution in [1.82, 2.24) is 0 Å². The first-order chi connectivity index (χ1) is 15.1. The number of benzene rings is 3. The van der Waals surface area contributed by atoms with E-state index in [9.17, 15) is 9.90 Å². The Labute approximate surface area is 182 Å². The second kappa shape index (κ2) is 9.19. The predicted molar refractivity (Wildman–Crippen MR) is 122 cm³/mol. The fourth-order valence-corrected chi connectivity index (χ4v) is 4.29. The summed E-state index contributed by atoms with van der Waals surface area (Å²) in [7, 11) is 1.64. The van der Waals surface area contributed by atoms with Gasteiger partial charge < -0.3 is 14.9 Å². The number of rotatable bonds is 8. The zero-order valence-electron chi connectivity index (χ0n) is 17.6. The minimum atomic E-state index is -0.899. The lowest BCUT2D eigenvalue weighted by Gasteiger charge is -2.14. The molecule has 158 valence electrons. The number of methoxy groups -OCH3 is 1. The van der Waals surface area contributed by atoms with E-state index in [1.54, 1.807) is 19.2 Å². The van der Waals surface area contributed by atoms with Crippen molar-refractivity contribution >= 4 is 11.5 Å². The van der Waals surface area contributed by atoms with Gasteiger partial charge in [-0.3, -0.25) is 0 Å². The van der Waals surface area contributed by atoms with Crippen LogP contribution in [0.1, 0.15) is 43.7 Å². The number of ether oxygens (including phenoxy) is 1. The highest BCUT2D eigenvalue weighted by molar-refractivity contribution is 5.87. The molecule has 0 atom stereocenters. The lowest BCUT2D eigenvalue weighted by molar-refractivity contribution is 0.0697. The molecule has 4 heteroatoms. The van der Waals surface area contributed by atoms with Crippen molar-refractivity contribution in [3.8, 4) is 5.75 Å². The van der Waals surface area contributed by atoms with E-state index in [4.69, 9.17) is 9.84 Å². The van der Waals surface area contributed by atoms with Gasteiger partial charge in [-0.2, -0.15) is 0 Å². The Morgan fingerprint density at radius 3 is 2.45 bits per heavy atom. The normalized spacial score (nSPS) is 12.4. The summed E-state index contributed by atoms with van der Waals surface area (Å²) >= 11 is 0. The molecule has 0 fully saturated rings. The van der Waals surface area contributed by atoms with Crippen LogP contribution in [0.4, 0.5) is 0 Å². The average Bonchev–Trinajstić information content (AvgIpc) is 3.21. The monoisotopic (exact) mass is 414 g/mol. The van der Waals surface area contributed by atoms with Crippen LogP contribution >= 0.6 is 0 Å². The van der Waals surface area contributed by atoms with Gasteiger partial charge in [0.2, 0.25) is 0 Å². The van der Waals surface area contributed by atoms with Gasteiger partial charge in [0.05, 0.1) is 19.3 Å². The highest BCUT2D eigenvalue weighted by Gasteiger charge is 2.18. The molecular weight excluding hydrogens is 388 g/mol. The number of aliphatic hydroxyl groups excluding tert-OH is 1. The maximum atomic E-state index is 11.1. The van der Waals surface area contributed by atoms with Gasteiger partial charge >= 0.3 is 5.97 Å². The SMILES string of the molecule is COc1cc(CO)cc(CC2=CCc3cccc(CCc4ccc(C(=O)O)cc4)c32)c1. The molecule has 0 heterocycles. The van der Waals surface area contributed by atoms with Crippen molar-refractivity contribution in [3.05, 3.63) is 106 Å². The molecule has 4 rings (SSSR count). The molecular formula is C27H26O4. The van der Waals surface area contributed by atoms with Crippen LogP contribution in [0.2, 0.25) is 0 Å².